The fourth-order valence-corrected chi connectivity index (χ4v) is 5.07. The molecular formula is C25H23ClFN7O2S. The molecule has 2 atom stereocenters. The minimum atomic E-state index is -1.74. The number of aromatic nitrogens is 4. The summed E-state index contributed by atoms with van der Waals surface area (Å²) in [5.74, 6) is 0.175. The van der Waals surface area contributed by atoms with E-state index in [4.69, 9.17) is 16.3 Å². The van der Waals surface area contributed by atoms with Crippen molar-refractivity contribution >= 4 is 34.6 Å². The minimum absolute atomic E-state index is 0.0358. The fraction of sp³-hybridized carbons (Fsp3) is 0.200. The molecule has 4 aromatic rings. The number of anilines is 2. The zero-order valence-electron chi connectivity index (χ0n) is 19.5. The van der Waals surface area contributed by atoms with Gasteiger partial charge in [-0.2, -0.15) is 0 Å². The summed E-state index contributed by atoms with van der Waals surface area (Å²) in [6.07, 6.45) is 6.76. The van der Waals surface area contributed by atoms with Gasteiger partial charge in [-0.1, -0.05) is 23.7 Å². The van der Waals surface area contributed by atoms with E-state index in [1.54, 1.807) is 36.5 Å². The van der Waals surface area contributed by atoms with Crippen molar-refractivity contribution < 1.29 is 13.7 Å². The molecule has 2 aromatic heterocycles. The largest absolute Gasteiger partial charge is 0.588 e. The molecule has 0 amide bonds. The van der Waals surface area contributed by atoms with E-state index in [-0.39, 0.29) is 23.4 Å². The maximum absolute atomic E-state index is 14.8. The van der Waals surface area contributed by atoms with Crippen molar-refractivity contribution in [2.24, 2.45) is 0 Å². The first kappa shape index (κ1) is 25.2. The van der Waals surface area contributed by atoms with Crippen LogP contribution in [-0.2, 0) is 11.4 Å². The highest BCUT2D eigenvalue weighted by atomic mass is 35.5. The molecule has 0 aliphatic carbocycles. The van der Waals surface area contributed by atoms with Crippen LogP contribution < -0.4 is 20.1 Å². The van der Waals surface area contributed by atoms with Gasteiger partial charge < -0.3 is 19.9 Å². The average molecular weight is 540 g/mol. The molecule has 2 aromatic carbocycles. The average Bonchev–Trinajstić information content (AvgIpc) is 2.91. The van der Waals surface area contributed by atoms with Gasteiger partial charge in [0.1, 0.15) is 22.8 Å². The molecule has 2 unspecified atom stereocenters. The SMILES string of the molecule is [O-][S+](Nc1ccc(Oc2nccnc2-c2ccnc(NC3CCCNC3)n2)cc1F)c1ccccc1Cl. The van der Waals surface area contributed by atoms with Crippen LogP contribution in [0.5, 0.6) is 11.6 Å². The van der Waals surface area contributed by atoms with E-state index in [2.05, 4.69) is 35.3 Å². The summed E-state index contributed by atoms with van der Waals surface area (Å²) in [6.45, 7) is 1.85. The predicted octanol–water partition coefficient (Wildman–Crippen LogP) is 4.82. The summed E-state index contributed by atoms with van der Waals surface area (Å²) in [6, 6.07) is 12.7. The lowest BCUT2D eigenvalue weighted by molar-refractivity contribution is 0.457. The summed E-state index contributed by atoms with van der Waals surface area (Å²) < 4.78 is 36.0. The number of rotatable bonds is 8. The van der Waals surface area contributed by atoms with Crippen LogP contribution in [-0.4, -0.2) is 43.6 Å². The van der Waals surface area contributed by atoms with Gasteiger partial charge in [0.2, 0.25) is 11.8 Å². The van der Waals surface area contributed by atoms with Gasteiger partial charge in [-0.3, -0.25) is 0 Å². The van der Waals surface area contributed by atoms with Crippen molar-refractivity contribution in [2.45, 2.75) is 23.8 Å². The number of halogens is 2. The number of piperidine rings is 1. The molecule has 0 spiro atoms. The lowest BCUT2D eigenvalue weighted by atomic mass is 10.1. The van der Waals surface area contributed by atoms with Gasteiger partial charge >= 0.3 is 0 Å². The molecule has 1 aliphatic rings. The van der Waals surface area contributed by atoms with Gasteiger partial charge in [-0.15, -0.1) is 0 Å². The highest BCUT2D eigenvalue weighted by Crippen LogP contribution is 2.31. The Morgan fingerprint density at radius 2 is 1.95 bits per heavy atom. The summed E-state index contributed by atoms with van der Waals surface area (Å²) >= 11 is 4.35. The molecule has 190 valence electrons. The van der Waals surface area contributed by atoms with Gasteiger partial charge in [0.15, 0.2) is 16.4 Å². The molecule has 1 aliphatic heterocycles. The smallest absolute Gasteiger partial charge is 0.247 e. The lowest BCUT2D eigenvalue weighted by Crippen LogP contribution is -2.38. The monoisotopic (exact) mass is 539 g/mol. The Morgan fingerprint density at radius 1 is 1.08 bits per heavy atom. The molecule has 0 saturated carbocycles. The van der Waals surface area contributed by atoms with E-state index in [0.29, 0.717) is 27.3 Å². The van der Waals surface area contributed by atoms with Crippen LogP contribution in [0.4, 0.5) is 16.0 Å². The lowest BCUT2D eigenvalue weighted by Gasteiger charge is -2.23. The maximum Gasteiger partial charge on any atom is 0.247 e. The number of benzene rings is 2. The van der Waals surface area contributed by atoms with E-state index in [1.807, 2.05) is 0 Å². The molecule has 1 saturated heterocycles. The van der Waals surface area contributed by atoms with Gasteiger partial charge in [-0.25, -0.2) is 29.0 Å². The third-order valence-electron chi connectivity index (χ3n) is 5.59. The second kappa shape index (κ2) is 11.7. The zero-order chi connectivity index (χ0) is 25.6. The molecule has 37 heavy (non-hydrogen) atoms. The minimum Gasteiger partial charge on any atom is -0.588 e. The van der Waals surface area contributed by atoms with E-state index in [9.17, 15) is 8.94 Å². The standard InChI is InChI=1S/C25H23ClFN7O2S/c26-18-5-1-2-6-22(18)37(35)34-20-8-7-17(14-19(20)27)36-24-23(29-12-13-30-24)21-9-11-31-25(33-21)32-16-4-3-10-28-15-16/h1-2,5-9,11-14,16,28,34H,3-4,10,15H2,(H,31,32,33). The van der Waals surface area contributed by atoms with Gasteiger partial charge in [0.25, 0.3) is 0 Å². The summed E-state index contributed by atoms with van der Waals surface area (Å²) in [7, 11) is 0. The van der Waals surface area contributed by atoms with Crippen molar-refractivity contribution in [2.75, 3.05) is 23.1 Å². The maximum atomic E-state index is 14.8. The number of hydrogen-bond acceptors (Lipinski definition) is 9. The zero-order valence-corrected chi connectivity index (χ0v) is 21.1. The third kappa shape index (κ3) is 6.25. The van der Waals surface area contributed by atoms with Crippen LogP contribution in [0.15, 0.2) is 72.0 Å². The first-order valence-electron chi connectivity index (χ1n) is 11.6. The normalized spacial score (nSPS) is 16.1. The number of nitrogens with one attached hydrogen (secondary N) is 3. The number of nitrogens with zero attached hydrogens (tertiary/aromatic N) is 4. The highest BCUT2D eigenvalue weighted by molar-refractivity contribution is 7.92. The first-order chi connectivity index (χ1) is 18.1. The fourth-order valence-electron chi connectivity index (χ4n) is 3.80. The van der Waals surface area contributed by atoms with Crippen LogP contribution in [0.3, 0.4) is 0 Å². The van der Waals surface area contributed by atoms with Crippen LogP contribution in [0.2, 0.25) is 5.02 Å². The van der Waals surface area contributed by atoms with E-state index in [1.165, 1.54) is 30.6 Å². The summed E-state index contributed by atoms with van der Waals surface area (Å²) in [4.78, 5) is 17.9. The highest BCUT2D eigenvalue weighted by Gasteiger charge is 2.19. The van der Waals surface area contributed by atoms with E-state index < -0.39 is 17.2 Å². The van der Waals surface area contributed by atoms with Crippen LogP contribution in [0, 0.1) is 5.82 Å². The summed E-state index contributed by atoms with van der Waals surface area (Å²) in [5, 5.41) is 7.01. The molecule has 9 nitrogen and oxygen atoms in total. The second-order valence-corrected chi connectivity index (χ2v) is 9.80. The molecule has 5 rings (SSSR count). The van der Waals surface area contributed by atoms with Crippen LogP contribution in [0.1, 0.15) is 12.8 Å². The Hall–Kier alpha value is -3.51. The Balaban J connectivity index is 1.32. The molecule has 0 bridgehead atoms. The quantitative estimate of drug-likeness (QED) is 0.271. The second-order valence-electron chi connectivity index (χ2n) is 8.21. The molecule has 1 fully saturated rings. The van der Waals surface area contributed by atoms with Crippen molar-refractivity contribution in [3.8, 4) is 23.0 Å². The van der Waals surface area contributed by atoms with Crippen molar-refractivity contribution in [1.82, 2.24) is 25.3 Å². The van der Waals surface area contributed by atoms with Gasteiger partial charge in [0, 0.05) is 37.2 Å². The van der Waals surface area contributed by atoms with Crippen molar-refractivity contribution in [3.63, 3.8) is 0 Å². The molecule has 3 heterocycles. The molecular weight excluding hydrogens is 517 g/mol. The van der Waals surface area contributed by atoms with E-state index in [0.717, 1.165) is 25.9 Å². The van der Waals surface area contributed by atoms with E-state index >= 15 is 0 Å². The molecule has 3 N–H and O–H groups in total. The first-order valence-corrected chi connectivity index (χ1v) is 13.1. The van der Waals surface area contributed by atoms with Crippen molar-refractivity contribution in [1.29, 1.82) is 0 Å². The van der Waals surface area contributed by atoms with Crippen molar-refractivity contribution in [3.05, 3.63) is 78.0 Å². The molecule has 0 radical (unpaired) electrons. The Labute approximate surface area is 221 Å². The van der Waals surface area contributed by atoms with Crippen LogP contribution in [0.25, 0.3) is 11.4 Å². The third-order valence-corrected chi connectivity index (χ3v) is 7.19. The molecule has 12 heteroatoms. The Kier molecular flexibility index (Phi) is 7.95. The predicted molar refractivity (Wildman–Crippen MR) is 141 cm³/mol. The summed E-state index contributed by atoms with van der Waals surface area (Å²) in [5.41, 5.74) is 0.934. The Morgan fingerprint density at radius 3 is 2.76 bits per heavy atom. The number of hydrogen-bond donors (Lipinski definition) is 3. The van der Waals surface area contributed by atoms with Crippen LogP contribution >= 0.6 is 11.6 Å². The van der Waals surface area contributed by atoms with Gasteiger partial charge in [-0.05, 0) is 49.7 Å². The topological polar surface area (TPSA) is 120 Å². The Bertz CT molecular complexity index is 1380. The van der Waals surface area contributed by atoms with Gasteiger partial charge in [0.05, 0.1) is 10.7 Å². The number of ether oxygens (including phenoxy) is 1.